The molecule has 1 aliphatic carbocycles. The van der Waals surface area contributed by atoms with Gasteiger partial charge in [-0.1, -0.05) is 6.92 Å². The van der Waals surface area contributed by atoms with E-state index in [-0.39, 0.29) is 6.10 Å². The van der Waals surface area contributed by atoms with Gasteiger partial charge in [0.2, 0.25) is 5.88 Å². The van der Waals surface area contributed by atoms with Crippen LogP contribution in [0.25, 0.3) is 22.2 Å². The molecule has 0 atom stereocenters. The summed E-state index contributed by atoms with van der Waals surface area (Å²) in [5.41, 5.74) is 3.96. The van der Waals surface area contributed by atoms with E-state index in [1.807, 2.05) is 25.6 Å². The molecule has 0 aliphatic heterocycles. The molecule has 4 aromatic rings. The van der Waals surface area contributed by atoms with Crippen LogP contribution < -0.4 is 10.1 Å². The summed E-state index contributed by atoms with van der Waals surface area (Å²) in [5, 5.41) is 13.8. The predicted molar refractivity (Wildman–Crippen MR) is 127 cm³/mol. The van der Waals surface area contributed by atoms with Crippen molar-refractivity contribution < 1.29 is 4.74 Å². The van der Waals surface area contributed by atoms with Gasteiger partial charge in [0.25, 0.3) is 0 Å². The standard InChI is InChI=1S/C24H30N8O/c1-4-20-24(27-11-10-26-20)33-18-8-6-17(7-9-18)32-21-12-22(25-5-2)28-14-19(21)23(30-32)16-13-29-31(3)15-16/h10-15,17-18H,4-9H2,1-3H3,(H,25,28)/t17-,18+. The lowest BCUT2D eigenvalue weighted by molar-refractivity contribution is 0.124. The highest BCUT2D eigenvalue weighted by Gasteiger charge is 2.27. The summed E-state index contributed by atoms with van der Waals surface area (Å²) in [6.07, 6.45) is 14.1. The molecule has 4 aromatic heterocycles. The van der Waals surface area contributed by atoms with Crippen LogP contribution in [0.15, 0.2) is 37.1 Å². The number of pyridine rings is 1. The van der Waals surface area contributed by atoms with E-state index in [2.05, 4.69) is 50.0 Å². The van der Waals surface area contributed by atoms with Crippen molar-refractivity contribution in [1.82, 2.24) is 34.5 Å². The summed E-state index contributed by atoms with van der Waals surface area (Å²) in [7, 11) is 1.92. The number of fused-ring (bicyclic) bond motifs is 1. The number of aromatic nitrogens is 7. The van der Waals surface area contributed by atoms with E-state index in [1.165, 1.54) is 0 Å². The lowest BCUT2D eigenvalue weighted by Crippen LogP contribution is -2.27. The summed E-state index contributed by atoms with van der Waals surface area (Å²) < 4.78 is 10.2. The third-order valence-electron chi connectivity index (χ3n) is 6.27. The Kier molecular flexibility index (Phi) is 5.93. The Balaban J connectivity index is 1.40. The third kappa shape index (κ3) is 4.27. The zero-order chi connectivity index (χ0) is 22.8. The Morgan fingerprint density at radius 1 is 1.06 bits per heavy atom. The van der Waals surface area contributed by atoms with Gasteiger partial charge in [-0.3, -0.25) is 14.3 Å². The molecule has 172 valence electrons. The van der Waals surface area contributed by atoms with E-state index in [9.17, 15) is 0 Å². The van der Waals surface area contributed by atoms with Crippen LogP contribution in [-0.2, 0) is 13.5 Å². The summed E-state index contributed by atoms with van der Waals surface area (Å²) in [4.78, 5) is 13.4. The minimum Gasteiger partial charge on any atom is -0.473 e. The largest absolute Gasteiger partial charge is 0.473 e. The Labute approximate surface area is 193 Å². The molecule has 9 nitrogen and oxygen atoms in total. The van der Waals surface area contributed by atoms with E-state index >= 15 is 0 Å². The molecule has 1 saturated carbocycles. The van der Waals surface area contributed by atoms with Crippen molar-refractivity contribution in [1.29, 1.82) is 0 Å². The number of ether oxygens (including phenoxy) is 1. The minimum absolute atomic E-state index is 0.154. The quantitative estimate of drug-likeness (QED) is 0.455. The fourth-order valence-corrected chi connectivity index (χ4v) is 4.61. The second-order valence-corrected chi connectivity index (χ2v) is 8.52. The van der Waals surface area contributed by atoms with Crippen LogP contribution in [0.1, 0.15) is 51.3 Å². The third-order valence-corrected chi connectivity index (χ3v) is 6.27. The van der Waals surface area contributed by atoms with Crippen molar-refractivity contribution in [3.8, 4) is 17.1 Å². The number of hydrogen-bond acceptors (Lipinski definition) is 7. The molecule has 0 saturated heterocycles. The normalized spacial score (nSPS) is 18.5. The van der Waals surface area contributed by atoms with Crippen LogP contribution in [-0.4, -0.2) is 47.2 Å². The van der Waals surface area contributed by atoms with Gasteiger partial charge in [-0.25, -0.2) is 9.97 Å². The van der Waals surface area contributed by atoms with Gasteiger partial charge in [0.05, 0.1) is 17.8 Å². The summed E-state index contributed by atoms with van der Waals surface area (Å²) >= 11 is 0. The lowest BCUT2D eigenvalue weighted by atomic mass is 9.93. The number of hydrogen-bond donors (Lipinski definition) is 1. The first-order valence-corrected chi connectivity index (χ1v) is 11.7. The fraction of sp³-hybridized carbons (Fsp3) is 0.458. The van der Waals surface area contributed by atoms with Gasteiger partial charge in [-0.05, 0) is 39.0 Å². The SMILES string of the molecule is CCNc1cc2c(cn1)c(-c1cnn(C)c1)nn2[C@H]1CC[C@@H](Oc2nccnc2CC)CC1. The molecular weight excluding hydrogens is 416 g/mol. The highest BCUT2D eigenvalue weighted by molar-refractivity contribution is 5.93. The molecule has 0 bridgehead atoms. The lowest BCUT2D eigenvalue weighted by Gasteiger charge is -2.29. The van der Waals surface area contributed by atoms with Crippen molar-refractivity contribution in [2.24, 2.45) is 7.05 Å². The van der Waals surface area contributed by atoms with Gasteiger partial charge in [0.1, 0.15) is 23.3 Å². The van der Waals surface area contributed by atoms with Crippen LogP contribution in [0, 0.1) is 0 Å². The van der Waals surface area contributed by atoms with Gasteiger partial charge < -0.3 is 10.1 Å². The Hall–Kier alpha value is -3.49. The number of nitrogens with zero attached hydrogens (tertiary/aromatic N) is 7. The molecule has 0 radical (unpaired) electrons. The van der Waals surface area contributed by atoms with Crippen LogP contribution in [0.5, 0.6) is 5.88 Å². The van der Waals surface area contributed by atoms with Gasteiger partial charge >= 0.3 is 0 Å². The highest BCUT2D eigenvalue weighted by atomic mass is 16.5. The number of nitrogens with one attached hydrogen (secondary N) is 1. The maximum absolute atomic E-state index is 6.24. The van der Waals surface area contributed by atoms with E-state index < -0.39 is 0 Å². The molecule has 0 unspecified atom stereocenters. The molecular formula is C24H30N8O. The average Bonchev–Trinajstić information content (AvgIpc) is 3.43. The Morgan fingerprint density at radius 3 is 2.61 bits per heavy atom. The summed E-state index contributed by atoms with van der Waals surface area (Å²) in [6, 6.07) is 2.42. The number of rotatable bonds is 7. The first kappa shape index (κ1) is 21.4. The molecule has 0 amide bonds. The maximum Gasteiger partial charge on any atom is 0.235 e. The predicted octanol–water partition coefficient (Wildman–Crippen LogP) is 4.18. The Morgan fingerprint density at radius 2 is 1.88 bits per heavy atom. The smallest absolute Gasteiger partial charge is 0.235 e. The molecule has 5 rings (SSSR count). The number of aryl methyl sites for hydroxylation is 2. The second-order valence-electron chi connectivity index (χ2n) is 8.52. The van der Waals surface area contributed by atoms with Gasteiger partial charge in [-0.15, -0.1) is 0 Å². The zero-order valence-electron chi connectivity index (χ0n) is 19.4. The van der Waals surface area contributed by atoms with Crippen molar-refractivity contribution in [3.05, 3.63) is 42.7 Å². The van der Waals surface area contributed by atoms with Crippen LogP contribution >= 0.6 is 0 Å². The van der Waals surface area contributed by atoms with Gasteiger partial charge in [0.15, 0.2) is 0 Å². The summed E-state index contributed by atoms with van der Waals surface area (Å²) in [6.45, 7) is 4.98. The van der Waals surface area contributed by atoms with E-state index in [4.69, 9.17) is 9.84 Å². The molecule has 1 fully saturated rings. The van der Waals surface area contributed by atoms with Crippen LogP contribution in [0.2, 0.25) is 0 Å². The van der Waals surface area contributed by atoms with Gasteiger partial charge in [0, 0.05) is 55.4 Å². The second kappa shape index (κ2) is 9.17. The number of anilines is 1. The minimum atomic E-state index is 0.154. The maximum atomic E-state index is 6.24. The molecule has 9 heteroatoms. The Bertz CT molecular complexity index is 1240. The molecule has 0 aromatic carbocycles. The summed E-state index contributed by atoms with van der Waals surface area (Å²) in [5.74, 6) is 1.55. The molecule has 0 spiro atoms. The van der Waals surface area contributed by atoms with Crippen molar-refractivity contribution in [3.63, 3.8) is 0 Å². The highest BCUT2D eigenvalue weighted by Crippen LogP contribution is 2.36. The van der Waals surface area contributed by atoms with E-state index in [0.717, 1.165) is 72.3 Å². The average molecular weight is 447 g/mol. The first-order valence-electron chi connectivity index (χ1n) is 11.7. The first-order chi connectivity index (χ1) is 16.2. The van der Waals surface area contributed by atoms with Gasteiger partial charge in [-0.2, -0.15) is 10.2 Å². The molecule has 1 aliphatic rings. The van der Waals surface area contributed by atoms with Crippen molar-refractivity contribution >= 4 is 16.7 Å². The molecule has 1 N–H and O–H groups in total. The van der Waals surface area contributed by atoms with Crippen molar-refractivity contribution in [2.45, 2.75) is 58.1 Å². The van der Waals surface area contributed by atoms with Crippen LogP contribution in [0.4, 0.5) is 5.82 Å². The molecule has 4 heterocycles. The fourth-order valence-electron chi connectivity index (χ4n) is 4.61. The zero-order valence-corrected chi connectivity index (χ0v) is 19.4. The van der Waals surface area contributed by atoms with E-state index in [1.54, 1.807) is 17.1 Å². The topological polar surface area (TPSA) is 95.6 Å². The monoisotopic (exact) mass is 446 g/mol. The van der Waals surface area contributed by atoms with E-state index in [0.29, 0.717) is 11.9 Å². The van der Waals surface area contributed by atoms with Crippen molar-refractivity contribution in [2.75, 3.05) is 11.9 Å². The molecule has 33 heavy (non-hydrogen) atoms. The van der Waals surface area contributed by atoms with Crippen LogP contribution in [0.3, 0.4) is 0 Å².